The maximum atomic E-state index is 13.0. The minimum atomic E-state index is -0.305. The molecule has 0 unspecified atom stereocenters. The largest absolute Gasteiger partial charge is 0.306 e. The summed E-state index contributed by atoms with van der Waals surface area (Å²) in [6.45, 7) is 3.37. The van der Waals surface area contributed by atoms with Crippen LogP contribution in [0.2, 0.25) is 0 Å². The monoisotopic (exact) mass is 429 g/mol. The molecule has 0 saturated carbocycles. The van der Waals surface area contributed by atoms with Gasteiger partial charge in [-0.25, -0.2) is 9.99 Å². The van der Waals surface area contributed by atoms with Crippen LogP contribution in [0.1, 0.15) is 47.2 Å². The Morgan fingerprint density at radius 1 is 0.938 bits per heavy atom. The highest BCUT2D eigenvalue weighted by atomic mass is 16.2. The number of likely N-dealkylation sites (tertiary alicyclic amines) is 1. The number of benzene rings is 1. The number of pyridine rings is 1. The van der Waals surface area contributed by atoms with Gasteiger partial charge < -0.3 is 4.40 Å². The molecule has 0 N–H and O–H groups in total. The molecule has 5 heterocycles. The number of fused-ring (bicyclic) bond motifs is 2. The Morgan fingerprint density at radius 2 is 1.75 bits per heavy atom. The smallest absolute Gasteiger partial charge is 0.273 e. The van der Waals surface area contributed by atoms with E-state index in [-0.39, 0.29) is 24.3 Å². The molecule has 3 aliphatic rings. The molecule has 2 fully saturated rings. The fourth-order valence-corrected chi connectivity index (χ4v) is 4.83. The number of imide groups is 1. The molecule has 1 aromatic carbocycles. The second-order valence-electron chi connectivity index (χ2n) is 8.74. The van der Waals surface area contributed by atoms with Crippen molar-refractivity contribution in [1.29, 1.82) is 0 Å². The van der Waals surface area contributed by atoms with Crippen molar-refractivity contribution in [2.75, 3.05) is 13.1 Å². The molecule has 3 aliphatic heterocycles. The van der Waals surface area contributed by atoms with Gasteiger partial charge in [0.15, 0.2) is 0 Å². The fraction of sp³-hybridized carbons (Fsp3) is 0.333. The molecular formula is C24H23N5O3. The quantitative estimate of drug-likeness (QED) is 0.596. The zero-order valence-electron chi connectivity index (χ0n) is 17.7. The number of hydrazine groups is 1. The van der Waals surface area contributed by atoms with Crippen molar-refractivity contribution < 1.29 is 14.4 Å². The molecular weight excluding hydrogens is 406 g/mol. The second-order valence-corrected chi connectivity index (χ2v) is 8.74. The third kappa shape index (κ3) is 3.02. The Balaban J connectivity index is 1.36. The predicted octanol–water partition coefficient (Wildman–Crippen LogP) is 2.62. The second kappa shape index (κ2) is 7.27. The van der Waals surface area contributed by atoms with E-state index in [0.29, 0.717) is 24.8 Å². The molecule has 0 radical (unpaired) electrons. The number of rotatable bonds is 4. The normalized spacial score (nSPS) is 19.1. The van der Waals surface area contributed by atoms with Crippen LogP contribution in [-0.2, 0) is 22.7 Å². The molecule has 6 rings (SSSR count). The SMILES string of the molecule is O=C1c2ccc(-c3cc(CN4CCC4)cn4ccnc34)cc2CN1N1C(=O)CCCC1=O. The van der Waals surface area contributed by atoms with E-state index in [1.54, 1.807) is 12.3 Å². The van der Waals surface area contributed by atoms with Crippen molar-refractivity contribution in [3.8, 4) is 11.1 Å². The summed E-state index contributed by atoms with van der Waals surface area (Å²) < 4.78 is 2.04. The molecule has 0 spiro atoms. The molecule has 32 heavy (non-hydrogen) atoms. The van der Waals surface area contributed by atoms with E-state index in [0.717, 1.165) is 47.0 Å². The highest BCUT2D eigenvalue weighted by Gasteiger charge is 2.39. The molecule has 3 aromatic rings. The van der Waals surface area contributed by atoms with Crippen LogP contribution in [0.3, 0.4) is 0 Å². The van der Waals surface area contributed by atoms with E-state index in [1.807, 2.05) is 22.7 Å². The van der Waals surface area contributed by atoms with Crippen molar-refractivity contribution in [3.05, 3.63) is 59.5 Å². The fourth-order valence-electron chi connectivity index (χ4n) is 4.83. The van der Waals surface area contributed by atoms with E-state index in [4.69, 9.17) is 0 Å². The average molecular weight is 429 g/mol. The Morgan fingerprint density at radius 3 is 2.50 bits per heavy atom. The summed E-state index contributed by atoms with van der Waals surface area (Å²) in [5.74, 6) is -0.909. The number of carbonyl (C=O) groups excluding carboxylic acids is 3. The van der Waals surface area contributed by atoms with E-state index in [2.05, 4.69) is 22.1 Å². The minimum absolute atomic E-state index is 0.220. The van der Waals surface area contributed by atoms with Crippen LogP contribution in [0.15, 0.2) is 42.9 Å². The lowest BCUT2D eigenvalue weighted by atomic mass is 9.99. The van der Waals surface area contributed by atoms with Gasteiger partial charge in [-0.05, 0) is 60.8 Å². The predicted molar refractivity (Wildman–Crippen MR) is 116 cm³/mol. The van der Waals surface area contributed by atoms with Gasteiger partial charge in [0.25, 0.3) is 5.91 Å². The Bertz CT molecular complexity index is 1260. The van der Waals surface area contributed by atoms with Crippen molar-refractivity contribution >= 4 is 23.4 Å². The molecule has 162 valence electrons. The van der Waals surface area contributed by atoms with Gasteiger partial charge in [0.1, 0.15) is 5.65 Å². The molecule has 3 amide bonds. The van der Waals surface area contributed by atoms with Crippen LogP contribution < -0.4 is 0 Å². The maximum absolute atomic E-state index is 13.0. The number of aromatic nitrogens is 2. The Labute approximate surface area is 185 Å². The van der Waals surface area contributed by atoms with Gasteiger partial charge in [-0.1, -0.05) is 6.07 Å². The summed E-state index contributed by atoms with van der Waals surface area (Å²) in [7, 11) is 0. The lowest BCUT2D eigenvalue weighted by Gasteiger charge is -2.32. The maximum Gasteiger partial charge on any atom is 0.273 e. The van der Waals surface area contributed by atoms with Crippen LogP contribution in [0, 0.1) is 0 Å². The van der Waals surface area contributed by atoms with Crippen LogP contribution in [0.25, 0.3) is 16.8 Å². The highest BCUT2D eigenvalue weighted by molar-refractivity contribution is 6.05. The van der Waals surface area contributed by atoms with E-state index in [1.165, 1.54) is 17.0 Å². The van der Waals surface area contributed by atoms with Crippen LogP contribution in [0.5, 0.6) is 0 Å². The third-order valence-corrected chi connectivity index (χ3v) is 6.60. The summed E-state index contributed by atoms with van der Waals surface area (Å²) in [6, 6.07) is 7.89. The average Bonchev–Trinajstić information content (AvgIpc) is 3.35. The van der Waals surface area contributed by atoms with Gasteiger partial charge in [-0.2, -0.15) is 5.01 Å². The summed E-state index contributed by atoms with van der Waals surface area (Å²) in [5.41, 5.74) is 5.41. The molecule has 2 saturated heterocycles. The first-order valence-corrected chi connectivity index (χ1v) is 11.1. The zero-order valence-corrected chi connectivity index (χ0v) is 17.7. The lowest BCUT2D eigenvalue weighted by molar-refractivity contribution is -0.163. The minimum Gasteiger partial charge on any atom is -0.306 e. The van der Waals surface area contributed by atoms with Crippen molar-refractivity contribution in [3.63, 3.8) is 0 Å². The number of hydrogen-bond acceptors (Lipinski definition) is 5. The molecule has 8 heteroatoms. The number of imidazole rings is 1. The number of amides is 3. The third-order valence-electron chi connectivity index (χ3n) is 6.60. The van der Waals surface area contributed by atoms with Crippen LogP contribution in [-0.4, -0.2) is 55.1 Å². The molecule has 8 nitrogen and oxygen atoms in total. The highest BCUT2D eigenvalue weighted by Crippen LogP contribution is 2.33. The molecule has 0 aliphatic carbocycles. The van der Waals surface area contributed by atoms with Gasteiger partial charge in [-0.3, -0.25) is 19.3 Å². The summed E-state index contributed by atoms with van der Waals surface area (Å²) in [5, 5.41) is 2.34. The van der Waals surface area contributed by atoms with Crippen molar-refractivity contribution in [2.24, 2.45) is 0 Å². The van der Waals surface area contributed by atoms with Gasteiger partial charge in [0.2, 0.25) is 11.8 Å². The first kappa shape index (κ1) is 19.2. The van der Waals surface area contributed by atoms with Gasteiger partial charge >= 0.3 is 0 Å². The van der Waals surface area contributed by atoms with Gasteiger partial charge in [0, 0.05) is 49.1 Å². The number of carbonyl (C=O) groups is 3. The number of nitrogens with zero attached hydrogens (tertiary/aromatic N) is 5. The van der Waals surface area contributed by atoms with E-state index in [9.17, 15) is 14.4 Å². The zero-order chi connectivity index (χ0) is 21.8. The van der Waals surface area contributed by atoms with E-state index < -0.39 is 0 Å². The van der Waals surface area contributed by atoms with Gasteiger partial charge in [-0.15, -0.1) is 0 Å². The molecule has 2 aromatic heterocycles. The van der Waals surface area contributed by atoms with Crippen LogP contribution >= 0.6 is 0 Å². The first-order chi connectivity index (χ1) is 15.6. The van der Waals surface area contributed by atoms with Gasteiger partial charge in [0.05, 0.1) is 6.54 Å². The lowest BCUT2D eigenvalue weighted by Crippen LogP contribution is -2.51. The summed E-state index contributed by atoms with van der Waals surface area (Å²) in [6.07, 6.45) is 8.23. The van der Waals surface area contributed by atoms with Crippen molar-refractivity contribution in [1.82, 2.24) is 24.3 Å². The number of piperidine rings is 1. The topological polar surface area (TPSA) is 78.2 Å². The van der Waals surface area contributed by atoms with Crippen molar-refractivity contribution in [2.45, 2.75) is 38.8 Å². The first-order valence-electron chi connectivity index (χ1n) is 11.1. The Hall–Kier alpha value is -3.52. The number of hydrogen-bond donors (Lipinski definition) is 0. The van der Waals surface area contributed by atoms with E-state index >= 15 is 0 Å². The standard InChI is InChI=1S/C24H23N5O3/c30-21-3-1-4-22(31)29(21)28-15-18-12-17(5-6-19(18)24(28)32)20-11-16(13-26-8-2-9-26)14-27-10-7-25-23(20)27/h5-7,10-12,14H,1-4,8-9,13,15H2. The summed E-state index contributed by atoms with van der Waals surface area (Å²) in [4.78, 5) is 44.6. The molecule has 0 bridgehead atoms. The van der Waals surface area contributed by atoms with Crippen LogP contribution in [0.4, 0.5) is 0 Å². The summed E-state index contributed by atoms with van der Waals surface area (Å²) >= 11 is 0. The molecule has 0 atom stereocenters. The Kier molecular flexibility index (Phi) is 4.36.